The quantitative estimate of drug-likeness (QED) is 0.321. The van der Waals surface area contributed by atoms with Crippen LogP contribution in [0.4, 0.5) is 0 Å². The number of phosphoric acid groups is 3. The second-order valence-corrected chi connectivity index (χ2v) is 7.91. The summed E-state index contributed by atoms with van der Waals surface area (Å²) in [6.07, 6.45) is -0.917. The first-order chi connectivity index (χ1) is 9.72. The highest BCUT2D eigenvalue weighted by atomic mass is 31.3. The zero-order valence-electron chi connectivity index (χ0n) is 10.0. The standard InChI is InChI=1S/C6H7O13P3/c7-3-1-2-4(6(9)5(3)8)17-21(13,14)19-22(15,16)18-20(10,11)12/h1-2,4H,(H,13,14)(H,15,16)(H2,10,11,12). The lowest BCUT2D eigenvalue weighted by Gasteiger charge is -2.19. The summed E-state index contributed by atoms with van der Waals surface area (Å²) in [5.41, 5.74) is 0. The molecule has 0 amide bonds. The van der Waals surface area contributed by atoms with Crippen LogP contribution in [0, 0.1) is 0 Å². The number of carbonyl (C=O) groups excluding carboxylic acids is 3. The second-order valence-electron chi connectivity index (χ2n) is 3.53. The average molecular weight is 380 g/mol. The molecule has 1 rings (SSSR count). The monoisotopic (exact) mass is 380 g/mol. The van der Waals surface area contributed by atoms with E-state index in [9.17, 15) is 28.1 Å². The minimum atomic E-state index is -5.74. The molecule has 3 atom stereocenters. The van der Waals surface area contributed by atoms with Crippen molar-refractivity contribution >= 4 is 40.8 Å². The van der Waals surface area contributed by atoms with Crippen molar-refractivity contribution in [3.05, 3.63) is 12.2 Å². The number of hydrogen-bond donors (Lipinski definition) is 4. The largest absolute Gasteiger partial charge is 0.490 e. The first kappa shape index (κ1) is 19.2. The first-order valence-corrected chi connectivity index (χ1v) is 9.37. The fourth-order valence-corrected chi connectivity index (χ4v) is 4.23. The Morgan fingerprint density at radius 1 is 0.909 bits per heavy atom. The lowest BCUT2D eigenvalue weighted by molar-refractivity contribution is -0.145. The number of Topliss-reactive ketones (excluding diaryl/α,β-unsaturated/α-hetero) is 2. The maximum Gasteiger partial charge on any atom is 0.490 e. The number of rotatable bonds is 6. The Morgan fingerprint density at radius 2 is 1.45 bits per heavy atom. The van der Waals surface area contributed by atoms with Crippen LogP contribution in [-0.2, 0) is 41.2 Å². The van der Waals surface area contributed by atoms with E-state index in [1.54, 1.807) is 0 Å². The lowest BCUT2D eigenvalue weighted by atomic mass is 10.0. The van der Waals surface area contributed by atoms with Gasteiger partial charge in [-0.1, -0.05) is 0 Å². The molecule has 16 heteroatoms. The maximum atomic E-state index is 11.4. The molecular formula is C6H7O13P3. The van der Waals surface area contributed by atoms with E-state index in [1.807, 2.05) is 0 Å². The Bertz CT molecular complexity index is 684. The molecule has 13 nitrogen and oxygen atoms in total. The molecule has 22 heavy (non-hydrogen) atoms. The van der Waals surface area contributed by atoms with E-state index in [2.05, 4.69) is 13.1 Å². The minimum Gasteiger partial charge on any atom is -0.302 e. The summed E-state index contributed by atoms with van der Waals surface area (Å²) < 4.78 is 43.6. The van der Waals surface area contributed by atoms with Gasteiger partial charge in [0.15, 0.2) is 6.10 Å². The molecule has 0 aromatic carbocycles. The molecule has 0 saturated carbocycles. The van der Waals surface area contributed by atoms with Crippen molar-refractivity contribution < 1.29 is 60.8 Å². The van der Waals surface area contributed by atoms with Gasteiger partial charge in [-0.05, 0) is 12.2 Å². The van der Waals surface area contributed by atoms with Gasteiger partial charge in [0.2, 0.25) is 11.6 Å². The van der Waals surface area contributed by atoms with Crippen LogP contribution in [0.15, 0.2) is 12.2 Å². The molecular weight excluding hydrogens is 373 g/mol. The molecule has 124 valence electrons. The SMILES string of the molecule is O=C1C=CC(OP(=O)(O)OP(=O)(O)OP(=O)(O)O)C(=O)C1=O. The van der Waals surface area contributed by atoms with E-state index in [0.29, 0.717) is 12.2 Å². The molecule has 0 heterocycles. The molecule has 1 aliphatic carbocycles. The molecule has 1 aliphatic rings. The number of hydrogen-bond acceptors (Lipinski definition) is 9. The Labute approximate surface area is 121 Å². The number of ketones is 3. The van der Waals surface area contributed by atoms with Gasteiger partial charge in [-0.3, -0.25) is 18.9 Å². The van der Waals surface area contributed by atoms with Crippen LogP contribution in [0.1, 0.15) is 0 Å². The van der Waals surface area contributed by atoms with Crippen LogP contribution >= 0.6 is 23.5 Å². The molecule has 0 aliphatic heterocycles. The summed E-state index contributed by atoms with van der Waals surface area (Å²) >= 11 is 0. The highest BCUT2D eigenvalue weighted by molar-refractivity contribution is 7.66. The Balaban J connectivity index is 2.86. The maximum absolute atomic E-state index is 11.4. The lowest BCUT2D eigenvalue weighted by Crippen LogP contribution is -2.36. The van der Waals surface area contributed by atoms with Crippen molar-refractivity contribution in [1.29, 1.82) is 0 Å². The topological polar surface area (TPSA) is 211 Å². The third-order valence-electron chi connectivity index (χ3n) is 1.79. The number of carbonyl (C=O) groups is 3. The normalized spacial score (nSPS) is 24.9. The van der Waals surface area contributed by atoms with Crippen molar-refractivity contribution in [2.75, 3.05) is 0 Å². The molecule has 3 unspecified atom stereocenters. The third-order valence-corrected chi connectivity index (χ3v) is 5.61. The van der Waals surface area contributed by atoms with Crippen LogP contribution in [0.2, 0.25) is 0 Å². The van der Waals surface area contributed by atoms with Gasteiger partial charge in [0.1, 0.15) is 0 Å². The summed E-state index contributed by atoms with van der Waals surface area (Å²) in [6.45, 7) is 0. The van der Waals surface area contributed by atoms with E-state index in [-0.39, 0.29) is 0 Å². The Kier molecular flexibility index (Phi) is 5.54. The van der Waals surface area contributed by atoms with Gasteiger partial charge in [0.05, 0.1) is 0 Å². The molecule has 4 N–H and O–H groups in total. The zero-order valence-corrected chi connectivity index (χ0v) is 12.7. The minimum absolute atomic E-state index is 0.555. The summed E-state index contributed by atoms with van der Waals surface area (Å²) in [5.74, 6) is -4.32. The van der Waals surface area contributed by atoms with Crippen molar-refractivity contribution in [2.24, 2.45) is 0 Å². The van der Waals surface area contributed by atoms with Crippen LogP contribution < -0.4 is 0 Å². The molecule has 0 spiro atoms. The van der Waals surface area contributed by atoms with Crippen molar-refractivity contribution in [3.63, 3.8) is 0 Å². The van der Waals surface area contributed by atoms with Crippen molar-refractivity contribution in [2.45, 2.75) is 6.10 Å². The predicted molar refractivity (Wildman–Crippen MR) is 62.9 cm³/mol. The van der Waals surface area contributed by atoms with E-state index in [4.69, 9.17) is 19.6 Å². The number of allylic oxidation sites excluding steroid dienone is 1. The second kappa shape index (κ2) is 6.34. The summed E-state index contributed by atoms with van der Waals surface area (Å²) in [7, 11) is -16.9. The fraction of sp³-hybridized carbons (Fsp3) is 0.167. The van der Waals surface area contributed by atoms with Gasteiger partial charge in [-0.25, -0.2) is 13.7 Å². The zero-order chi connectivity index (χ0) is 17.3. The van der Waals surface area contributed by atoms with E-state index < -0.39 is 46.9 Å². The van der Waals surface area contributed by atoms with E-state index in [1.165, 1.54) is 0 Å². The summed E-state index contributed by atoms with van der Waals surface area (Å²) in [5, 5.41) is 0. The average Bonchev–Trinajstić information content (AvgIpc) is 2.25. The molecule has 0 fully saturated rings. The number of phosphoric ester groups is 1. The van der Waals surface area contributed by atoms with Crippen LogP contribution in [-0.4, -0.2) is 43.0 Å². The Hall–Kier alpha value is -0.840. The molecule has 0 bridgehead atoms. The van der Waals surface area contributed by atoms with Crippen molar-refractivity contribution in [1.82, 2.24) is 0 Å². The van der Waals surface area contributed by atoms with Crippen LogP contribution in [0.5, 0.6) is 0 Å². The molecule has 0 aromatic heterocycles. The highest BCUT2D eigenvalue weighted by Gasteiger charge is 2.44. The van der Waals surface area contributed by atoms with Gasteiger partial charge in [-0.15, -0.1) is 0 Å². The third kappa shape index (κ3) is 5.75. The van der Waals surface area contributed by atoms with Gasteiger partial charge < -0.3 is 19.6 Å². The highest BCUT2D eigenvalue weighted by Crippen LogP contribution is 2.66. The summed E-state index contributed by atoms with van der Waals surface area (Å²) in [6, 6.07) is 0. The van der Waals surface area contributed by atoms with Crippen LogP contribution in [0.25, 0.3) is 0 Å². The molecule has 0 aromatic rings. The predicted octanol–water partition coefficient (Wildman–Crippen LogP) is -1.02. The molecule has 0 radical (unpaired) electrons. The first-order valence-electron chi connectivity index (χ1n) is 4.85. The van der Waals surface area contributed by atoms with Gasteiger partial charge in [0, 0.05) is 0 Å². The fourth-order valence-electron chi connectivity index (χ4n) is 1.11. The van der Waals surface area contributed by atoms with Gasteiger partial charge in [0.25, 0.3) is 5.78 Å². The smallest absolute Gasteiger partial charge is 0.302 e. The van der Waals surface area contributed by atoms with Gasteiger partial charge >= 0.3 is 23.5 Å². The van der Waals surface area contributed by atoms with Crippen LogP contribution in [0.3, 0.4) is 0 Å². The van der Waals surface area contributed by atoms with E-state index >= 15 is 0 Å². The molecule has 0 saturated heterocycles. The Morgan fingerprint density at radius 3 is 1.95 bits per heavy atom. The van der Waals surface area contributed by atoms with Gasteiger partial charge in [-0.2, -0.15) is 8.62 Å². The van der Waals surface area contributed by atoms with Crippen molar-refractivity contribution in [3.8, 4) is 0 Å². The summed E-state index contributed by atoms with van der Waals surface area (Å²) in [4.78, 5) is 67.7. The van der Waals surface area contributed by atoms with E-state index in [0.717, 1.165) is 0 Å².